The standard InChI is InChI=1S/C10H19N3O2/c1-7(6-14-3)4-9-12-10(13-15-9)8(2)5-11/h7-8H,4-6,11H2,1-3H3. The van der Waals surface area contributed by atoms with Crippen LogP contribution in [0.15, 0.2) is 4.52 Å². The van der Waals surface area contributed by atoms with Crippen LogP contribution in [0.5, 0.6) is 0 Å². The van der Waals surface area contributed by atoms with Crippen molar-refractivity contribution >= 4 is 0 Å². The molecule has 5 nitrogen and oxygen atoms in total. The predicted octanol–water partition coefficient (Wildman–Crippen LogP) is 0.957. The second-order valence-corrected chi connectivity index (χ2v) is 3.95. The Balaban J connectivity index is 2.52. The fraction of sp³-hybridized carbons (Fsp3) is 0.800. The van der Waals surface area contributed by atoms with Crippen LogP contribution in [-0.2, 0) is 11.2 Å². The van der Waals surface area contributed by atoms with E-state index in [-0.39, 0.29) is 5.92 Å². The molecule has 86 valence electrons. The molecule has 0 aliphatic rings. The first-order chi connectivity index (χ1) is 7.17. The van der Waals surface area contributed by atoms with Crippen LogP contribution in [0.25, 0.3) is 0 Å². The van der Waals surface area contributed by atoms with Crippen LogP contribution in [0.4, 0.5) is 0 Å². The molecule has 0 saturated carbocycles. The highest BCUT2D eigenvalue weighted by Crippen LogP contribution is 2.12. The molecule has 1 rings (SSSR count). The molecular weight excluding hydrogens is 194 g/mol. The van der Waals surface area contributed by atoms with E-state index in [4.69, 9.17) is 15.0 Å². The van der Waals surface area contributed by atoms with Crippen molar-refractivity contribution in [2.24, 2.45) is 11.7 Å². The largest absolute Gasteiger partial charge is 0.384 e. The molecule has 5 heteroatoms. The van der Waals surface area contributed by atoms with Crippen molar-refractivity contribution in [3.63, 3.8) is 0 Å². The maximum absolute atomic E-state index is 5.52. The first-order valence-corrected chi connectivity index (χ1v) is 5.18. The van der Waals surface area contributed by atoms with Gasteiger partial charge < -0.3 is 15.0 Å². The molecule has 15 heavy (non-hydrogen) atoms. The van der Waals surface area contributed by atoms with Crippen molar-refractivity contribution in [3.8, 4) is 0 Å². The molecule has 1 heterocycles. The number of aromatic nitrogens is 2. The van der Waals surface area contributed by atoms with E-state index in [2.05, 4.69) is 17.1 Å². The minimum Gasteiger partial charge on any atom is -0.384 e. The third kappa shape index (κ3) is 3.60. The van der Waals surface area contributed by atoms with Gasteiger partial charge in [-0.25, -0.2) is 0 Å². The van der Waals surface area contributed by atoms with Crippen molar-refractivity contribution < 1.29 is 9.26 Å². The van der Waals surface area contributed by atoms with Crippen molar-refractivity contribution in [2.75, 3.05) is 20.3 Å². The van der Waals surface area contributed by atoms with E-state index in [1.54, 1.807) is 7.11 Å². The Morgan fingerprint density at radius 1 is 1.47 bits per heavy atom. The molecule has 0 bridgehead atoms. The summed E-state index contributed by atoms with van der Waals surface area (Å²) in [5.41, 5.74) is 5.52. The number of rotatable bonds is 6. The second-order valence-electron chi connectivity index (χ2n) is 3.95. The van der Waals surface area contributed by atoms with Crippen LogP contribution >= 0.6 is 0 Å². The normalized spacial score (nSPS) is 15.2. The lowest BCUT2D eigenvalue weighted by molar-refractivity contribution is 0.155. The van der Waals surface area contributed by atoms with E-state index in [0.29, 0.717) is 30.8 Å². The number of hydrogen-bond acceptors (Lipinski definition) is 5. The van der Waals surface area contributed by atoms with E-state index in [1.807, 2.05) is 6.92 Å². The molecule has 0 fully saturated rings. The van der Waals surface area contributed by atoms with Gasteiger partial charge in [0.2, 0.25) is 5.89 Å². The van der Waals surface area contributed by atoms with Gasteiger partial charge in [-0.3, -0.25) is 0 Å². The van der Waals surface area contributed by atoms with Gasteiger partial charge in [0.25, 0.3) is 0 Å². The molecule has 0 spiro atoms. The first kappa shape index (κ1) is 12.1. The highest BCUT2D eigenvalue weighted by Gasteiger charge is 2.14. The molecule has 2 N–H and O–H groups in total. The fourth-order valence-corrected chi connectivity index (χ4v) is 1.30. The van der Waals surface area contributed by atoms with Crippen molar-refractivity contribution in [1.29, 1.82) is 0 Å². The summed E-state index contributed by atoms with van der Waals surface area (Å²) in [5, 5.41) is 3.89. The third-order valence-electron chi connectivity index (χ3n) is 2.25. The van der Waals surface area contributed by atoms with Gasteiger partial charge in [0.15, 0.2) is 5.82 Å². The number of methoxy groups -OCH3 is 1. The molecule has 0 aliphatic carbocycles. The van der Waals surface area contributed by atoms with Gasteiger partial charge in [-0.1, -0.05) is 19.0 Å². The molecule has 2 unspecified atom stereocenters. The van der Waals surface area contributed by atoms with Crippen molar-refractivity contribution in [3.05, 3.63) is 11.7 Å². The van der Waals surface area contributed by atoms with Crippen LogP contribution in [0.3, 0.4) is 0 Å². The average Bonchev–Trinajstić information content (AvgIpc) is 2.65. The molecule has 2 atom stereocenters. The van der Waals surface area contributed by atoms with Crippen LogP contribution in [0.1, 0.15) is 31.5 Å². The molecule has 1 aromatic rings. The van der Waals surface area contributed by atoms with Gasteiger partial charge in [0.1, 0.15) is 0 Å². The Morgan fingerprint density at radius 3 is 2.80 bits per heavy atom. The summed E-state index contributed by atoms with van der Waals surface area (Å²) < 4.78 is 10.2. The Kier molecular flexibility index (Phi) is 4.71. The molecule has 0 aromatic carbocycles. The van der Waals surface area contributed by atoms with Crippen LogP contribution in [0, 0.1) is 5.92 Å². The highest BCUT2D eigenvalue weighted by atomic mass is 16.5. The zero-order chi connectivity index (χ0) is 11.3. The van der Waals surface area contributed by atoms with E-state index in [1.165, 1.54) is 0 Å². The van der Waals surface area contributed by atoms with E-state index >= 15 is 0 Å². The summed E-state index contributed by atoms with van der Waals surface area (Å²) in [6.45, 7) is 5.30. The quantitative estimate of drug-likeness (QED) is 0.761. The SMILES string of the molecule is COCC(C)Cc1nc(C(C)CN)no1. The number of hydrogen-bond donors (Lipinski definition) is 1. The number of nitrogens with two attached hydrogens (primary N) is 1. The van der Waals surface area contributed by atoms with E-state index in [0.717, 1.165) is 6.42 Å². The second kappa shape index (κ2) is 5.82. The maximum Gasteiger partial charge on any atom is 0.227 e. The molecule has 0 amide bonds. The Bertz CT molecular complexity index is 288. The fourth-order valence-electron chi connectivity index (χ4n) is 1.30. The van der Waals surface area contributed by atoms with Gasteiger partial charge in [0, 0.05) is 32.6 Å². The smallest absolute Gasteiger partial charge is 0.227 e. The summed E-state index contributed by atoms with van der Waals surface area (Å²) in [6.07, 6.45) is 0.748. The lowest BCUT2D eigenvalue weighted by atomic mass is 10.1. The predicted molar refractivity (Wildman–Crippen MR) is 56.5 cm³/mol. The van der Waals surface area contributed by atoms with Crippen molar-refractivity contribution in [2.45, 2.75) is 26.2 Å². The zero-order valence-corrected chi connectivity index (χ0v) is 9.56. The first-order valence-electron chi connectivity index (χ1n) is 5.18. The van der Waals surface area contributed by atoms with Gasteiger partial charge in [-0.2, -0.15) is 4.98 Å². The Morgan fingerprint density at radius 2 is 2.20 bits per heavy atom. The maximum atomic E-state index is 5.52. The van der Waals surface area contributed by atoms with Crippen LogP contribution in [-0.4, -0.2) is 30.4 Å². The van der Waals surface area contributed by atoms with E-state index in [9.17, 15) is 0 Å². The molecular formula is C10H19N3O2. The van der Waals surface area contributed by atoms with Crippen molar-refractivity contribution in [1.82, 2.24) is 10.1 Å². The summed E-state index contributed by atoms with van der Waals surface area (Å²) in [6, 6.07) is 0. The number of ether oxygens (including phenoxy) is 1. The summed E-state index contributed by atoms with van der Waals surface area (Å²) in [5.74, 6) is 1.89. The molecule has 0 radical (unpaired) electrons. The lowest BCUT2D eigenvalue weighted by Crippen LogP contribution is -2.11. The van der Waals surface area contributed by atoms with Gasteiger partial charge in [0.05, 0.1) is 0 Å². The van der Waals surface area contributed by atoms with Crippen LogP contribution in [0.2, 0.25) is 0 Å². The Labute approximate surface area is 90.0 Å². The molecule has 0 saturated heterocycles. The minimum atomic E-state index is 0.153. The highest BCUT2D eigenvalue weighted by molar-refractivity contribution is 4.94. The average molecular weight is 213 g/mol. The number of nitrogens with zero attached hydrogens (tertiary/aromatic N) is 2. The zero-order valence-electron chi connectivity index (χ0n) is 9.56. The lowest BCUT2D eigenvalue weighted by Gasteiger charge is -2.05. The molecule has 1 aromatic heterocycles. The van der Waals surface area contributed by atoms with Gasteiger partial charge in [-0.15, -0.1) is 0 Å². The summed E-state index contributed by atoms with van der Waals surface area (Å²) >= 11 is 0. The van der Waals surface area contributed by atoms with Gasteiger partial charge in [-0.05, 0) is 5.92 Å². The third-order valence-corrected chi connectivity index (χ3v) is 2.25. The van der Waals surface area contributed by atoms with E-state index < -0.39 is 0 Å². The molecule has 0 aliphatic heterocycles. The minimum absolute atomic E-state index is 0.153. The Hall–Kier alpha value is -0.940. The van der Waals surface area contributed by atoms with Crippen LogP contribution < -0.4 is 5.73 Å². The monoisotopic (exact) mass is 213 g/mol. The van der Waals surface area contributed by atoms with Gasteiger partial charge >= 0.3 is 0 Å². The topological polar surface area (TPSA) is 74.2 Å². The summed E-state index contributed by atoms with van der Waals surface area (Å²) in [7, 11) is 1.69. The summed E-state index contributed by atoms with van der Waals surface area (Å²) in [4.78, 5) is 4.29.